The maximum Gasteiger partial charge on any atom is 0.331 e. The summed E-state index contributed by atoms with van der Waals surface area (Å²) in [6.07, 6.45) is -0.418. The van der Waals surface area contributed by atoms with Crippen molar-refractivity contribution in [1.29, 1.82) is 0 Å². The number of hydrogen-bond acceptors (Lipinski definition) is 4. The first kappa shape index (κ1) is 23.2. The molecule has 1 aliphatic heterocycles. The summed E-state index contributed by atoms with van der Waals surface area (Å²) in [5, 5.41) is 0.543. The van der Waals surface area contributed by atoms with Crippen LogP contribution >= 0.6 is 0 Å². The summed E-state index contributed by atoms with van der Waals surface area (Å²) in [5.41, 5.74) is 5.37. The first-order valence-electron chi connectivity index (χ1n) is 11.8. The third kappa shape index (κ3) is 3.45. The standard InChI is InChI=1S/C28H32N4O3/c1-17-8-10-18(11-9-17)22-21-23(30(6)27(34)31(7)26(21)33)24-25(35-16-28(2,3)32(22)24)19-12-14-20(15-13-19)29(4)5/h8-15,25H,16H2,1-7H3/t25-/m0/s1. The van der Waals surface area contributed by atoms with Gasteiger partial charge in [-0.05, 0) is 44.0 Å². The van der Waals surface area contributed by atoms with Crippen molar-refractivity contribution >= 4 is 16.6 Å². The Balaban J connectivity index is 1.93. The summed E-state index contributed by atoms with van der Waals surface area (Å²) >= 11 is 0. The molecule has 2 aromatic heterocycles. The van der Waals surface area contributed by atoms with Crippen molar-refractivity contribution in [3.05, 3.63) is 86.2 Å². The number of benzene rings is 2. The van der Waals surface area contributed by atoms with Crippen LogP contribution in [0.15, 0.2) is 58.1 Å². The van der Waals surface area contributed by atoms with Gasteiger partial charge in [0, 0.05) is 33.9 Å². The zero-order chi connectivity index (χ0) is 25.2. The Morgan fingerprint density at radius 1 is 0.943 bits per heavy atom. The number of ether oxygens (including phenoxy) is 1. The highest BCUT2D eigenvalue weighted by atomic mass is 16.5. The Kier molecular flexibility index (Phi) is 5.29. The summed E-state index contributed by atoms with van der Waals surface area (Å²) in [5.74, 6) is 0. The van der Waals surface area contributed by atoms with Gasteiger partial charge < -0.3 is 14.2 Å². The van der Waals surface area contributed by atoms with Crippen molar-refractivity contribution < 1.29 is 4.74 Å². The lowest BCUT2D eigenvalue weighted by molar-refractivity contribution is -0.00706. The van der Waals surface area contributed by atoms with Crippen LogP contribution in [0.25, 0.3) is 22.2 Å². The van der Waals surface area contributed by atoms with Crippen molar-refractivity contribution in [3.8, 4) is 11.3 Å². The summed E-state index contributed by atoms with van der Waals surface area (Å²) in [4.78, 5) is 28.8. The third-order valence-corrected chi connectivity index (χ3v) is 7.10. The molecule has 0 bridgehead atoms. The molecule has 3 heterocycles. The third-order valence-electron chi connectivity index (χ3n) is 7.10. The highest BCUT2D eigenvalue weighted by Gasteiger charge is 2.40. The first-order valence-corrected chi connectivity index (χ1v) is 11.8. The molecular formula is C28H32N4O3. The summed E-state index contributed by atoms with van der Waals surface area (Å²) in [6, 6.07) is 16.5. The fourth-order valence-electron chi connectivity index (χ4n) is 5.18. The summed E-state index contributed by atoms with van der Waals surface area (Å²) < 4.78 is 11.5. The Bertz CT molecular complexity index is 1550. The molecule has 0 spiro atoms. The molecule has 1 aliphatic rings. The molecule has 2 aromatic carbocycles. The van der Waals surface area contributed by atoms with E-state index < -0.39 is 11.6 Å². The molecule has 0 saturated carbocycles. The largest absolute Gasteiger partial charge is 0.378 e. The molecule has 182 valence electrons. The molecule has 1 atom stereocenters. The molecule has 0 fully saturated rings. The van der Waals surface area contributed by atoms with Gasteiger partial charge in [-0.1, -0.05) is 42.0 Å². The van der Waals surface area contributed by atoms with E-state index in [2.05, 4.69) is 59.7 Å². The zero-order valence-electron chi connectivity index (χ0n) is 21.4. The van der Waals surface area contributed by atoms with Crippen molar-refractivity contribution in [2.45, 2.75) is 32.4 Å². The van der Waals surface area contributed by atoms with Gasteiger partial charge >= 0.3 is 5.69 Å². The van der Waals surface area contributed by atoms with Crippen LogP contribution in [0.4, 0.5) is 5.69 Å². The summed E-state index contributed by atoms with van der Waals surface area (Å²) in [6.45, 7) is 6.74. The van der Waals surface area contributed by atoms with E-state index in [0.29, 0.717) is 17.5 Å². The van der Waals surface area contributed by atoms with Gasteiger partial charge in [-0.15, -0.1) is 0 Å². The fraction of sp³-hybridized carbons (Fsp3) is 0.357. The molecule has 0 aliphatic carbocycles. The lowest BCUT2D eigenvalue weighted by Crippen LogP contribution is -2.40. The monoisotopic (exact) mass is 472 g/mol. The van der Waals surface area contributed by atoms with E-state index in [1.165, 1.54) is 4.57 Å². The van der Waals surface area contributed by atoms with Gasteiger partial charge in [0.05, 0.1) is 34.4 Å². The van der Waals surface area contributed by atoms with Crippen molar-refractivity contribution in [2.24, 2.45) is 14.1 Å². The molecule has 7 heteroatoms. The maximum atomic E-state index is 13.6. The van der Waals surface area contributed by atoms with E-state index in [1.807, 2.05) is 33.2 Å². The number of fused-ring (bicyclic) bond motifs is 3. The van der Waals surface area contributed by atoms with Crippen LogP contribution in [0.1, 0.15) is 36.8 Å². The molecule has 35 heavy (non-hydrogen) atoms. The number of anilines is 1. The molecule has 0 radical (unpaired) electrons. The van der Waals surface area contributed by atoms with Crippen LogP contribution in [-0.2, 0) is 24.4 Å². The molecule has 0 amide bonds. The molecular weight excluding hydrogens is 440 g/mol. The molecule has 0 saturated heterocycles. The van der Waals surface area contributed by atoms with Gasteiger partial charge in [0.15, 0.2) is 0 Å². The lowest BCUT2D eigenvalue weighted by atomic mass is 9.97. The molecule has 4 aromatic rings. The highest BCUT2D eigenvalue weighted by Crippen LogP contribution is 2.45. The Hall–Kier alpha value is -3.58. The van der Waals surface area contributed by atoms with Crippen LogP contribution in [0.3, 0.4) is 0 Å². The van der Waals surface area contributed by atoms with Crippen LogP contribution in [-0.4, -0.2) is 34.4 Å². The first-order chi connectivity index (χ1) is 16.5. The average molecular weight is 473 g/mol. The van der Waals surface area contributed by atoms with Gasteiger partial charge in [-0.3, -0.25) is 13.9 Å². The quantitative estimate of drug-likeness (QED) is 0.453. The second-order valence-corrected chi connectivity index (χ2v) is 10.4. The van der Waals surface area contributed by atoms with Crippen LogP contribution in [0.2, 0.25) is 0 Å². The molecule has 0 unspecified atom stereocenters. The number of aryl methyl sites for hydroxylation is 2. The minimum atomic E-state index is -0.435. The Morgan fingerprint density at radius 3 is 2.17 bits per heavy atom. The molecule has 5 rings (SSSR count). The van der Waals surface area contributed by atoms with Gasteiger partial charge in [0.2, 0.25) is 0 Å². The second-order valence-electron chi connectivity index (χ2n) is 10.4. The SMILES string of the molecule is Cc1ccc(-c2c3c(=O)n(C)c(=O)n(C)c3c3n2C(C)(C)CO[C@H]3c2ccc(N(C)C)cc2)cc1. The number of nitrogens with zero attached hydrogens (tertiary/aromatic N) is 4. The highest BCUT2D eigenvalue weighted by molar-refractivity contribution is 5.96. The molecule has 0 N–H and O–H groups in total. The van der Waals surface area contributed by atoms with Gasteiger partial charge in [0.25, 0.3) is 5.56 Å². The number of hydrogen-bond donors (Lipinski definition) is 0. The van der Waals surface area contributed by atoms with E-state index >= 15 is 0 Å². The smallest absolute Gasteiger partial charge is 0.331 e. The van der Waals surface area contributed by atoms with E-state index in [0.717, 1.165) is 33.8 Å². The predicted molar refractivity (Wildman–Crippen MR) is 140 cm³/mol. The van der Waals surface area contributed by atoms with Gasteiger partial charge in [-0.2, -0.15) is 0 Å². The van der Waals surface area contributed by atoms with Crippen molar-refractivity contribution in [3.63, 3.8) is 0 Å². The van der Waals surface area contributed by atoms with Crippen LogP contribution in [0.5, 0.6) is 0 Å². The van der Waals surface area contributed by atoms with E-state index in [-0.39, 0.29) is 11.2 Å². The van der Waals surface area contributed by atoms with Crippen LogP contribution < -0.4 is 16.1 Å². The minimum Gasteiger partial charge on any atom is -0.378 e. The van der Waals surface area contributed by atoms with E-state index in [9.17, 15) is 9.59 Å². The minimum absolute atomic E-state index is 0.293. The van der Waals surface area contributed by atoms with Crippen molar-refractivity contribution in [2.75, 3.05) is 25.6 Å². The zero-order valence-corrected chi connectivity index (χ0v) is 21.4. The van der Waals surface area contributed by atoms with E-state index in [4.69, 9.17) is 4.74 Å². The number of aromatic nitrogens is 3. The summed E-state index contributed by atoms with van der Waals surface area (Å²) in [7, 11) is 7.29. The average Bonchev–Trinajstić information content (AvgIpc) is 3.20. The van der Waals surface area contributed by atoms with Gasteiger partial charge in [0.1, 0.15) is 6.10 Å². The topological polar surface area (TPSA) is 61.4 Å². The molecule has 7 nitrogen and oxygen atoms in total. The lowest BCUT2D eigenvalue weighted by Gasteiger charge is -2.39. The maximum absolute atomic E-state index is 13.6. The Labute approximate surface area is 204 Å². The predicted octanol–water partition coefficient (Wildman–Crippen LogP) is 3.93. The Morgan fingerprint density at radius 2 is 1.57 bits per heavy atom. The van der Waals surface area contributed by atoms with Crippen molar-refractivity contribution in [1.82, 2.24) is 13.7 Å². The van der Waals surface area contributed by atoms with Gasteiger partial charge in [-0.25, -0.2) is 4.79 Å². The number of rotatable bonds is 3. The van der Waals surface area contributed by atoms with Crippen LogP contribution in [0, 0.1) is 6.92 Å². The second kappa shape index (κ2) is 7.99. The fourth-order valence-corrected chi connectivity index (χ4v) is 5.18. The normalized spacial score (nSPS) is 16.9. The van der Waals surface area contributed by atoms with E-state index in [1.54, 1.807) is 18.7 Å².